The van der Waals surface area contributed by atoms with E-state index < -0.39 is 0 Å². The van der Waals surface area contributed by atoms with E-state index in [2.05, 4.69) is 6.92 Å². The van der Waals surface area contributed by atoms with Crippen LogP contribution in [0.5, 0.6) is 5.75 Å². The Hall–Kier alpha value is -1.51. The Morgan fingerprint density at radius 3 is 2.56 bits per heavy atom. The molecule has 0 aromatic heterocycles. The molecular formula is C15H22O3. The summed E-state index contributed by atoms with van der Waals surface area (Å²) >= 11 is 0. The molecular weight excluding hydrogens is 228 g/mol. The molecule has 0 heterocycles. The van der Waals surface area contributed by atoms with Gasteiger partial charge in [-0.25, -0.2) is 0 Å². The number of carbonyl (C=O) groups excluding carboxylic acids is 1. The molecule has 0 unspecified atom stereocenters. The molecule has 0 spiro atoms. The average Bonchev–Trinajstić information content (AvgIpc) is 2.40. The first-order valence-electron chi connectivity index (χ1n) is 6.66. The van der Waals surface area contributed by atoms with Crippen LogP contribution in [-0.4, -0.2) is 19.2 Å². The van der Waals surface area contributed by atoms with E-state index in [1.165, 1.54) is 12.8 Å². The first kappa shape index (κ1) is 14.6. The highest BCUT2D eigenvalue weighted by molar-refractivity contribution is 5.69. The number of hydrogen-bond donors (Lipinski definition) is 0. The van der Waals surface area contributed by atoms with Crippen molar-refractivity contribution in [2.24, 2.45) is 0 Å². The number of ether oxygens (including phenoxy) is 2. The Morgan fingerprint density at radius 2 is 1.83 bits per heavy atom. The number of esters is 1. The van der Waals surface area contributed by atoms with Crippen molar-refractivity contribution in [2.45, 2.75) is 39.0 Å². The highest BCUT2D eigenvalue weighted by Gasteiger charge is 2.02. The van der Waals surface area contributed by atoms with Crippen LogP contribution in [0.1, 0.15) is 39.0 Å². The van der Waals surface area contributed by atoms with E-state index in [-0.39, 0.29) is 5.97 Å². The molecule has 3 nitrogen and oxygen atoms in total. The first-order chi connectivity index (χ1) is 8.83. The van der Waals surface area contributed by atoms with Crippen LogP contribution in [0.3, 0.4) is 0 Å². The third kappa shape index (κ3) is 6.94. The number of rotatable bonds is 9. The van der Waals surface area contributed by atoms with E-state index in [1.807, 2.05) is 30.3 Å². The summed E-state index contributed by atoms with van der Waals surface area (Å²) in [6.45, 7) is 3.06. The summed E-state index contributed by atoms with van der Waals surface area (Å²) in [4.78, 5) is 11.4. The Bertz CT molecular complexity index is 322. The SMILES string of the molecule is CCCCCCOC(=O)CCOc1ccccc1. The number of benzene rings is 1. The van der Waals surface area contributed by atoms with Crippen LogP contribution < -0.4 is 4.74 Å². The Morgan fingerprint density at radius 1 is 1.06 bits per heavy atom. The van der Waals surface area contributed by atoms with Crippen molar-refractivity contribution in [3.63, 3.8) is 0 Å². The summed E-state index contributed by atoms with van der Waals surface area (Å²) in [7, 11) is 0. The van der Waals surface area contributed by atoms with Gasteiger partial charge in [0.25, 0.3) is 0 Å². The van der Waals surface area contributed by atoms with Crippen LogP contribution in [-0.2, 0) is 9.53 Å². The number of unbranched alkanes of at least 4 members (excludes halogenated alkanes) is 3. The standard InChI is InChI=1S/C15H22O3/c1-2-3-4-8-12-18-15(16)11-13-17-14-9-6-5-7-10-14/h5-7,9-10H,2-4,8,11-13H2,1H3. The van der Waals surface area contributed by atoms with Gasteiger partial charge in [-0.2, -0.15) is 0 Å². The highest BCUT2D eigenvalue weighted by atomic mass is 16.5. The van der Waals surface area contributed by atoms with Gasteiger partial charge in [0.1, 0.15) is 5.75 Å². The average molecular weight is 250 g/mol. The molecule has 0 aliphatic rings. The quantitative estimate of drug-likeness (QED) is 0.496. The van der Waals surface area contributed by atoms with Crippen molar-refractivity contribution in [2.75, 3.05) is 13.2 Å². The molecule has 0 radical (unpaired) electrons. The van der Waals surface area contributed by atoms with E-state index in [0.717, 1.165) is 18.6 Å². The molecule has 0 saturated heterocycles. The summed E-state index contributed by atoms with van der Waals surface area (Å²) in [6.07, 6.45) is 4.79. The molecule has 1 aromatic carbocycles. The van der Waals surface area contributed by atoms with E-state index in [9.17, 15) is 4.79 Å². The van der Waals surface area contributed by atoms with Crippen molar-refractivity contribution in [1.29, 1.82) is 0 Å². The zero-order chi connectivity index (χ0) is 13.1. The molecule has 0 saturated carbocycles. The molecule has 0 fully saturated rings. The molecule has 18 heavy (non-hydrogen) atoms. The van der Waals surface area contributed by atoms with Gasteiger partial charge in [0.15, 0.2) is 0 Å². The highest BCUT2D eigenvalue weighted by Crippen LogP contribution is 2.08. The van der Waals surface area contributed by atoms with Crippen molar-refractivity contribution in [3.8, 4) is 5.75 Å². The van der Waals surface area contributed by atoms with Crippen LogP contribution in [0.25, 0.3) is 0 Å². The molecule has 3 heteroatoms. The molecule has 0 N–H and O–H groups in total. The monoisotopic (exact) mass is 250 g/mol. The largest absolute Gasteiger partial charge is 0.493 e. The molecule has 0 bridgehead atoms. The lowest BCUT2D eigenvalue weighted by molar-refractivity contribution is -0.144. The molecule has 0 aliphatic carbocycles. The molecule has 100 valence electrons. The second-order valence-corrected chi connectivity index (χ2v) is 4.19. The summed E-state index contributed by atoms with van der Waals surface area (Å²) < 4.78 is 10.5. The van der Waals surface area contributed by atoms with Gasteiger partial charge in [0.05, 0.1) is 19.6 Å². The number of carbonyl (C=O) groups is 1. The molecule has 1 aromatic rings. The van der Waals surface area contributed by atoms with Gasteiger partial charge < -0.3 is 9.47 Å². The second kappa shape index (κ2) is 9.51. The van der Waals surface area contributed by atoms with E-state index >= 15 is 0 Å². The molecule has 0 amide bonds. The Balaban J connectivity index is 2.00. The maximum atomic E-state index is 11.4. The van der Waals surface area contributed by atoms with E-state index in [4.69, 9.17) is 9.47 Å². The Kier molecular flexibility index (Phi) is 7.69. The predicted octanol–water partition coefficient (Wildman–Crippen LogP) is 3.58. The van der Waals surface area contributed by atoms with Gasteiger partial charge in [-0.15, -0.1) is 0 Å². The van der Waals surface area contributed by atoms with Gasteiger partial charge in [-0.1, -0.05) is 44.4 Å². The fourth-order valence-electron chi connectivity index (χ4n) is 1.56. The predicted molar refractivity (Wildman–Crippen MR) is 71.7 cm³/mol. The normalized spacial score (nSPS) is 10.1. The molecule has 0 aliphatic heterocycles. The first-order valence-corrected chi connectivity index (χ1v) is 6.66. The van der Waals surface area contributed by atoms with Gasteiger partial charge >= 0.3 is 5.97 Å². The lowest BCUT2D eigenvalue weighted by Crippen LogP contribution is -2.10. The lowest BCUT2D eigenvalue weighted by Gasteiger charge is -2.06. The maximum absolute atomic E-state index is 11.4. The van der Waals surface area contributed by atoms with Crippen molar-refractivity contribution >= 4 is 5.97 Å². The summed E-state index contributed by atoms with van der Waals surface area (Å²) in [5, 5.41) is 0. The topological polar surface area (TPSA) is 35.5 Å². The smallest absolute Gasteiger partial charge is 0.309 e. The van der Waals surface area contributed by atoms with Crippen LogP contribution in [0.2, 0.25) is 0 Å². The number of para-hydroxylation sites is 1. The minimum atomic E-state index is -0.178. The van der Waals surface area contributed by atoms with Crippen molar-refractivity contribution < 1.29 is 14.3 Å². The van der Waals surface area contributed by atoms with Crippen LogP contribution in [0.4, 0.5) is 0 Å². The third-order valence-electron chi connectivity index (χ3n) is 2.58. The summed E-state index contributed by atoms with van der Waals surface area (Å²) in [6, 6.07) is 9.48. The van der Waals surface area contributed by atoms with E-state index in [0.29, 0.717) is 19.6 Å². The van der Waals surface area contributed by atoms with E-state index in [1.54, 1.807) is 0 Å². The van der Waals surface area contributed by atoms with Gasteiger partial charge in [0.2, 0.25) is 0 Å². The zero-order valence-corrected chi connectivity index (χ0v) is 11.1. The zero-order valence-electron chi connectivity index (χ0n) is 11.1. The minimum absolute atomic E-state index is 0.178. The summed E-state index contributed by atoms with van der Waals surface area (Å²) in [5.74, 6) is 0.607. The van der Waals surface area contributed by atoms with Crippen molar-refractivity contribution in [1.82, 2.24) is 0 Å². The third-order valence-corrected chi connectivity index (χ3v) is 2.58. The Labute approximate surface area is 109 Å². The van der Waals surface area contributed by atoms with Crippen LogP contribution in [0, 0.1) is 0 Å². The van der Waals surface area contributed by atoms with Crippen LogP contribution in [0.15, 0.2) is 30.3 Å². The lowest BCUT2D eigenvalue weighted by atomic mass is 10.2. The fourth-order valence-corrected chi connectivity index (χ4v) is 1.56. The van der Waals surface area contributed by atoms with Gasteiger partial charge in [-0.3, -0.25) is 4.79 Å². The van der Waals surface area contributed by atoms with Crippen LogP contribution >= 0.6 is 0 Å². The number of hydrogen-bond acceptors (Lipinski definition) is 3. The van der Waals surface area contributed by atoms with Gasteiger partial charge in [-0.05, 0) is 18.6 Å². The second-order valence-electron chi connectivity index (χ2n) is 4.19. The fraction of sp³-hybridized carbons (Fsp3) is 0.533. The van der Waals surface area contributed by atoms with Crippen molar-refractivity contribution in [3.05, 3.63) is 30.3 Å². The maximum Gasteiger partial charge on any atom is 0.309 e. The summed E-state index contributed by atoms with van der Waals surface area (Å²) in [5.41, 5.74) is 0. The molecule has 0 atom stereocenters. The minimum Gasteiger partial charge on any atom is -0.493 e. The van der Waals surface area contributed by atoms with Gasteiger partial charge in [0, 0.05) is 0 Å². The molecule has 1 rings (SSSR count).